The molecule has 2 aromatic carbocycles. The second-order valence-corrected chi connectivity index (χ2v) is 8.07. The molecule has 3 unspecified atom stereocenters. The van der Waals surface area contributed by atoms with Crippen molar-refractivity contribution in [2.75, 3.05) is 19.7 Å². The summed E-state index contributed by atoms with van der Waals surface area (Å²) < 4.78 is 48.2. The van der Waals surface area contributed by atoms with Crippen LogP contribution in [0, 0.1) is 5.92 Å². The molecule has 0 radical (unpaired) electrons. The first-order chi connectivity index (χ1) is 14.1. The van der Waals surface area contributed by atoms with Gasteiger partial charge in [-0.25, -0.2) is 0 Å². The van der Waals surface area contributed by atoms with Crippen molar-refractivity contribution in [3.63, 3.8) is 0 Å². The van der Waals surface area contributed by atoms with Crippen LogP contribution in [0.15, 0.2) is 54.6 Å². The second-order valence-electron chi connectivity index (χ2n) is 8.07. The molecule has 4 nitrogen and oxygen atoms in total. The largest absolute Gasteiger partial charge is 0.573 e. The molecule has 2 aromatic rings. The summed E-state index contributed by atoms with van der Waals surface area (Å²) >= 11 is 0. The lowest BCUT2D eigenvalue weighted by molar-refractivity contribution is -0.275. The van der Waals surface area contributed by atoms with E-state index in [4.69, 9.17) is 4.74 Å². The molecule has 0 amide bonds. The summed E-state index contributed by atoms with van der Waals surface area (Å²) in [5, 5.41) is 11.3. The summed E-state index contributed by atoms with van der Waals surface area (Å²) in [6, 6.07) is 16.1. The van der Waals surface area contributed by atoms with Gasteiger partial charge in [-0.15, -0.1) is 13.2 Å². The highest BCUT2D eigenvalue weighted by Gasteiger charge is 2.41. The Morgan fingerprint density at radius 3 is 2.50 bits per heavy atom. The third kappa shape index (κ3) is 5.97. The Labute approximate surface area is 175 Å². The predicted molar refractivity (Wildman–Crippen MR) is 108 cm³/mol. The number of ether oxygens (including phenoxy) is 2. The summed E-state index contributed by atoms with van der Waals surface area (Å²) in [4.78, 5) is 2.23. The van der Waals surface area contributed by atoms with Gasteiger partial charge in [0.25, 0.3) is 0 Å². The minimum atomic E-state index is -4.76. The summed E-state index contributed by atoms with van der Waals surface area (Å²) in [6.07, 6.45) is -4.97. The quantitative estimate of drug-likeness (QED) is 0.716. The average Bonchev–Trinajstić information content (AvgIpc) is 2.69. The zero-order valence-electron chi connectivity index (χ0n) is 17.2. The Morgan fingerprint density at radius 2 is 1.80 bits per heavy atom. The number of benzene rings is 2. The van der Waals surface area contributed by atoms with Gasteiger partial charge < -0.3 is 14.6 Å². The van der Waals surface area contributed by atoms with Gasteiger partial charge in [-0.05, 0) is 36.5 Å². The number of hydrogen-bond acceptors (Lipinski definition) is 4. The molecule has 1 fully saturated rings. The van der Waals surface area contributed by atoms with Crippen LogP contribution in [0.4, 0.5) is 13.2 Å². The predicted octanol–water partition coefficient (Wildman–Crippen LogP) is 4.42. The van der Waals surface area contributed by atoms with Crippen LogP contribution in [0.25, 0.3) is 0 Å². The van der Waals surface area contributed by atoms with Crippen molar-refractivity contribution < 1.29 is 27.8 Å². The number of nitrogens with zero attached hydrogens (tertiary/aromatic N) is 1. The molecule has 3 rings (SSSR count). The van der Waals surface area contributed by atoms with E-state index in [9.17, 15) is 18.3 Å². The molecule has 0 bridgehead atoms. The summed E-state index contributed by atoms with van der Waals surface area (Å²) in [7, 11) is 0. The highest BCUT2D eigenvalue weighted by molar-refractivity contribution is 5.34. The van der Waals surface area contributed by atoms with Crippen LogP contribution in [0.3, 0.4) is 0 Å². The number of rotatable bonds is 7. The van der Waals surface area contributed by atoms with Gasteiger partial charge >= 0.3 is 6.36 Å². The molecular weight excluding hydrogens is 395 g/mol. The highest BCUT2D eigenvalue weighted by atomic mass is 19.4. The van der Waals surface area contributed by atoms with Crippen LogP contribution in [0.5, 0.6) is 5.75 Å². The van der Waals surface area contributed by atoms with Crippen molar-refractivity contribution in [1.29, 1.82) is 0 Å². The molecular formula is C23H28F3NO3. The number of morpholine rings is 1. The van der Waals surface area contributed by atoms with E-state index in [0.717, 1.165) is 13.1 Å². The average molecular weight is 423 g/mol. The smallest absolute Gasteiger partial charge is 0.406 e. The van der Waals surface area contributed by atoms with E-state index in [2.05, 4.69) is 21.8 Å². The first kappa shape index (κ1) is 22.6. The normalized spacial score (nSPS) is 21.1. The summed E-state index contributed by atoms with van der Waals surface area (Å²) in [5.41, 5.74) is 0.365. The van der Waals surface area contributed by atoms with Crippen molar-refractivity contribution in [2.24, 2.45) is 5.92 Å². The Bertz CT molecular complexity index is 811. The minimum absolute atomic E-state index is 0.233. The van der Waals surface area contributed by atoms with E-state index in [1.807, 2.05) is 25.1 Å². The fourth-order valence-corrected chi connectivity index (χ4v) is 3.79. The third-order valence-electron chi connectivity index (χ3n) is 5.77. The molecule has 1 aliphatic heterocycles. The zero-order valence-corrected chi connectivity index (χ0v) is 17.2. The van der Waals surface area contributed by atoms with Crippen LogP contribution in [0.1, 0.15) is 25.0 Å². The van der Waals surface area contributed by atoms with E-state index in [1.165, 1.54) is 17.7 Å². The maximum absolute atomic E-state index is 12.7. The Hall–Kier alpha value is -2.09. The van der Waals surface area contributed by atoms with Gasteiger partial charge in [0.15, 0.2) is 0 Å². The molecule has 7 heteroatoms. The Kier molecular flexibility index (Phi) is 7.06. The SMILES string of the molecule is CC(Cc1ccccc1OC(F)(F)F)C(C)(O)C1CN(Cc2ccccc2)CCO1. The first-order valence-corrected chi connectivity index (χ1v) is 10.1. The topological polar surface area (TPSA) is 41.9 Å². The molecule has 1 N–H and O–H groups in total. The van der Waals surface area contributed by atoms with E-state index in [1.54, 1.807) is 19.1 Å². The van der Waals surface area contributed by atoms with E-state index >= 15 is 0 Å². The van der Waals surface area contributed by atoms with E-state index in [0.29, 0.717) is 18.7 Å². The second kappa shape index (κ2) is 9.37. The maximum Gasteiger partial charge on any atom is 0.573 e. The van der Waals surface area contributed by atoms with Crippen LogP contribution in [0.2, 0.25) is 0 Å². The molecule has 1 aliphatic rings. The maximum atomic E-state index is 12.7. The molecule has 30 heavy (non-hydrogen) atoms. The van der Waals surface area contributed by atoms with Crippen molar-refractivity contribution >= 4 is 0 Å². The molecule has 1 saturated heterocycles. The Morgan fingerprint density at radius 1 is 1.13 bits per heavy atom. The standard InChI is InChI=1S/C23H28F3NO3/c1-17(14-19-10-6-7-11-20(19)30-23(24,25)26)22(2,28)21-16-27(12-13-29-21)15-18-8-4-3-5-9-18/h3-11,17,21,28H,12-16H2,1-2H3. The molecule has 3 atom stereocenters. The fraction of sp³-hybridized carbons (Fsp3) is 0.478. The van der Waals surface area contributed by atoms with Crippen molar-refractivity contribution in [1.82, 2.24) is 4.90 Å². The summed E-state index contributed by atoms with van der Waals surface area (Å²) in [5.74, 6) is -0.583. The molecule has 0 aliphatic carbocycles. The van der Waals surface area contributed by atoms with Gasteiger partial charge in [-0.2, -0.15) is 0 Å². The minimum Gasteiger partial charge on any atom is -0.406 e. The van der Waals surface area contributed by atoms with Gasteiger partial charge in [0.05, 0.1) is 18.3 Å². The zero-order chi connectivity index (χ0) is 21.8. The van der Waals surface area contributed by atoms with E-state index in [-0.39, 0.29) is 18.1 Å². The highest BCUT2D eigenvalue weighted by Crippen LogP contribution is 2.33. The number of para-hydroxylation sites is 1. The van der Waals surface area contributed by atoms with E-state index < -0.39 is 18.1 Å². The lowest BCUT2D eigenvalue weighted by Gasteiger charge is -2.43. The van der Waals surface area contributed by atoms with Gasteiger partial charge in [-0.1, -0.05) is 55.5 Å². The fourth-order valence-electron chi connectivity index (χ4n) is 3.79. The van der Waals surface area contributed by atoms with Crippen molar-refractivity contribution in [3.8, 4) is 5.75 Å². The molecule has 1 heterocycles. The van der Waals surface area contributed by atoms with Gasteiger partial charge in [0, 0.05) is 19.6 Å². The van der Waals surface area contributed by atoms with Crippen LogP contribution in [-0.4, -0.2) is 47.8 Å². The number of alkyl halides is 3. The third-order valence-corrected chi connectivity index (χ3v) is 5.77. The lowest BCUT2D eigenvalue weighted by atomic mass is 9.80. The van der Waals surface area contributed by atoms with Crippen LogP contribution < -0.4 is 4.74 Å². The number of hydrogen-bond donors (Lipinski definition) is 1. The van der Waals surface area contributed by atoms with Crippen LogP contribution in [-0.2, 0) is 17.7 Å². The van der Waals surface area contributed by atoms with Crippen molar-refractivity contribution in [3.05, 3.63) is 65.7 Å². The molecule has 0 saturated carbocycles. The van der Waals surface area contributed by atoms with Crippen molar-refractivity contribution in [2.45, 2.75) is 44.9 Å². The van der Waals surface area contributed by atoms with Gasteiger partial charge in [0.2, 0.25) is 0 Å². The lowest BCUT2D eigenvalue weighted by Crippen LogP contribution is -2.56. The molecule has 0 spiro atoms. The van der Waals surface area contributed by atoms with Gasteiger partial charge in [0.1, 0.15) is 5.75 Å². The molecule has 164 valence electrons. The van der Waals surface area contributed by atoms with Gasteiger partial charge in [-0.3, -0.25) is 4.90 Å². The first-order valence-electron chi connectivity index (χ1n) is 10.1. The monoisotopic (exact) mass is 423 g/mol. The Balaban J connectivity index is 1.67. The number of aliphatic hydroxyl groups is 1. The number of halogens is 3. The van der Waals surface area contributed by atoms with Crippen LogP contribution >= 0.6 is 0 Å². The summed E-state index contributed by atoms with van der Waals surface area (Å²) in [6.45, 7) is 6.08. The molecule has 0 aromatic heterocycles.